The van der Waals surface area contributed by atoms with Crippen molar-refractivity contribution in [3.05, 3.63) is 34.3 Å². The summed E-state index contributed by atoms with van der Waals surface area (Å²) in [4.78, 5) is 2.43. The van der Waals surface area contributed by atoms with Crippen LogP contribution in [0.25, 0.3) is 0 Å². The molecule has 1 fully saturated rings. The van der Waals surface area contributed by atoms with Crippen molar-refractivity contribution in [2.45, 2.75) is 25.4 Å². The molecule has 0 bridgehead atoms. The first-order valence-electron chi connectivity index (χ1n) is 5.85. The monoisotopic (exact) mass is 282 g/mol. The van der Waals surface area contributed by atoms with E-state index in [0.717, 1.165) is 17.6 Å². The first-order chi connectivity index (χ1) is 7.70. The van der Waals surface area contributed by atoms with E-state index in [2.05, 4.69) is 52.1 Å². The molecule has 2 atom stereocenters. The molecule has 2 rings (SSSR count). The minimum Gasteiger partial charge on any atom is -0.330 e. The Kier molecular flexibility index (Phi) is 4.00. The predicted octanol–water partition coefficient (Wildman–Crippen LogP) is 2.62. The van der Waals surface area contributed by atoms with Crippen LogP contribution in [0.15, 0.2) is 28.7 Å². The summed E-state index contributed by atoms with van der Waals surface area (Å²) < 4.78 is 1.15. The van der Waals surface area contributed by atoms with E-state index in [4.69, 9.17) is 5.73 Å². The van der Waals surface area contributed by atoms with Crippen molar-refractivity contribution in [3.63, 3.8) is 0 Å². The average Bonchev–Trinajstić information content (AvgIpc) is 2.16. The van der Waals surface area contributed by atoms with Crippen molar-refractivity contribution in [1.29, 1.82) is 0 Å². The molecule has 2 unspecified atom stereocenters. The van der Waals surface area contributed by atoms with E-state index in [9.17, 15) is 0 Å². The molecule has 88 valence electrons. The van der Waals surface area contributed by atoms with Gasteiger partial charge in [0.05, 0.1) is 0 Å². The zero-order chi connectivity index (χ0) is 11.5. The number of nitrogens with zero attached hydrogens (tertiary/aromatic N) is 1. The van der Waals surface area contributed by atoms with Crippen molar-refractivity contribution in [2.75, 3.05) is 13.6 Å². The molecule has 2 nitrogen and oxygen atoms in total. The Labute approximate surface area is 106 Å². The SMILES string of the molecule is CN(Cc1cccc(Br)c1)C1CCC1CN. The second-order valence-corrected chi connectivity index (χ2v) is 5.60. The van der Waals surface area contributed by atoms with Crippen molar-refractivity contribution in [2.24, 2.45) is 11.7 Å². The average molecular weight is 283 g/mol. The maximum absolute atomic E-state index is 5.75. The third-order valence-electron chi connectivity index (χ3n) is 3.57. The van der Waals surface area contributed by atoms with Gasteiger partial charge < -0.3 is 5.73 Å². The van der Waals surface area contributed by atoms with E-state index in [1.165, 1.54) is 18.4 Å². The molecule has 1 aliphatic rings. The van der Waals surface area contributed by atoms with Gasteiger partial charge in [0.1, 0.15) is 0 Å². The molecule has 3 heteroatoms. The molecular formula is C13H19BrN2. The van der Waals surface area contributed by atoms with Crippen molar-refractivity contribution >= 4 is 15.9 Å². The summed E-state index contributed by atoms with van der Waals surface area (Å²) in [6.45, 7) is 1.84. The summed E-state index contributed by atoms with van der Waals surface area (Å²) >= 11 is 3.51. The van der Waals surface area contributed by atoms with E-state index in [1.54, 1.807) is 0 Å². The van der Waals surface area contributed by atoms with Crippen molar-refractivity contribution in [1.82, 2.24) is 4.90 Å². The highest BCUT2D eigenvalue weighted by Gasteiger charge is 2.32. The maximum Gasteiger partial charge on any atom is 0.0234 e. The smallest absolute Gasteiger partial charge is 0.0234 e. The Bertz CT molecular complexity index is 352. The zero-order valence-corrected chi connectivity index (χ0v) is 11.3. The predicted molar refractivity (Wildman–Crippen MR) is 71.2 cm³/mol. The van der Waals surface area contributed by atoms with Crippen LogP contribution in [-0.2, 0) is 6.54 Å². The van der Waals surface area contributed by atoms with E-state index in [0.29, 0.717) is 12.0 Å². The van der Waals surface area contributed by atoms with Crippen molar-refractivity contribution in [3.8, 4) is 0 Å². The molecule has 1 aliphatic carbocycles. The first-order valence-corrected chi connectivity index (χ1v) is 6.64. The van der Waals surface area contributed by atoms with Crippen LogP contribution in [-0.4, -0.2) is 24.5 Å². The number of hydrogen-bond acceptors (Lipinski definition) is 2. The minimum atomic E-state index is 0.684. The van der Waals surface area contributed by atoms with E-state index in [-0.39, 0.29) is 0 Å². The van der Waals surface area contributed by atoms with Gasteiger partial charge in [-0.2, -0.15) is 0 Å². The van der Waals surface area contributed by atoms with Gasteiger partial charge in [-0.1, -0.05) is 28.1 Å². The third-order valence-corrected chi connectivity index (χ3v) is 4.06. The van der Waals surface area contributed by atoms with Crippen LogP contribution in [0.3, 0.4) is 0 Å². The second kappa shape index (κ2) is 5.30. The van der Waals surface area contributed by atoms with Gasteiger partial charge in [0, 0.05) is 17.1 Å². The molecule has 0 amide bonds. The summed E-state index contributed by atoms with van der Waals surface area (Å²) in [7, 11) is 2.20. The number of halogens is 1. The summed E-state index contributed by atoms with van der Waals surface area (Å²) in [5.41, 5.74) is 7.11. The maximum atomic E-state index is 5.75. The highest BCUT2D eigenvalue weighted by Crippen LogP contribution is 2.31. The zero-order valence-electron chi connectivity index (χ0n) is 9.70. The molecule has 0 saturated heterocycles. The molecular weight excluding hydrogens is 264 g/mol. The molecule has 0 radical (unpaired) electrons. The molecule has 0 spiro atoms. The Balaban J connectivity index is 1.94. The Morgan fingerprint density at radius 2 is 2.25 bits per heavy atom. The number of nitrogens with two attached hydrogens (primary N) is 1. The second-order valence-electron chi connectivity index (χ2n) is 4.69. The third kappa shape index (κ3) is 2.65. The lowest BCUT2D eigenvalue weighted by Crippen LogP contribution is -2.47. The molecule has 0 heterocycles. The van der Waals surface area contributed by atoms with E-state index >= 15 is 0 Å². The first kappa shape index (κ1) is 12.1. The van der Waals surface area contributed by atoms with Gasteiger partial charge in [0.25, 0.3) is 0 Å². The summed E-state index contributed by atoms with van der Waals surface area (Å²) in [6, 6.07) is 9.21. The summed E-state index contributed by atoms with van der Waals surface area (Å²) in [5, 5.41) is 0. The fourth-order valence-corrected chi connectivity index (χ4v) is 2.89. The minimum absolute atomic E-state index is 0.684. The van der Waals surface area contributed by atoms with Crippen LogP contribution in [0.2, 0.25) is 0 Å². The van der Waals surface area contributed by atoms with Crippen LogP contribution in [0.5, 0.6) is 0 Å². The van der Waals surface area contributed by atoms with E-state index in [1.807, 2.05) is 0 Å². The van der Waals surface area contributed by atoms with Crippen LogP contribution in [0.4, 0.5) is 0 Å². The largest absolute Gasteiger partial charge is 0.330 e. The molecule has 0 aliphatic heterocycles. The summed E-state index contributed by atoms with van der Waals surface area (Å²) in [5.74, 6) is 0.706. The molecule has 0 aromatic heterocycles. The topological polar surface area (TPSA) is 29.3 Å². The Hall–Kier alpha value is -0.380. The number of rotatable bonds is 4. The van der Waals surface area contributed by atoms with E-state index < -0.39 is 0 Å². The standard InChI is InChI=1S/C13H19BrN2/c1-16(13-6-5-11(13)8-15)9-10-3-2-4-12(14)7-10/h2-4,7,11,13H,5-6,8-9,15H2,1H3. The fraction of sp³-hybridized carbons (Fsp3) is 0.538. The Morgan fingerprint density at radius 3 is 2.81 bits per heavy atom. The van der Waals surface area contributed by atoms with Crippen LogP contribution in [0, 0.1) is 5.92 Å². The molecule has 1 saturated carbocycles. The molecule has 2 N–H and O–H groups in total. The van der Waals surface area contributed by atoms with Gasteiger partial charge in [0.2, 0.25) is 0 Å². The molecule has 1 aromatic carbocycles. The highest BCUT2D eigenvalue weighted by atomic mass is 79.9. The lowest BCUT2D eigenvalue weighted by atomic mass is 9.78. The van der Waals surface area contributed by atoms with Gasteiger partial charge in [0.15, 0.2) is 0 Å². The van der Waals surface area contributed by atoms with Gasteiger partial charge in [-0.15, -0.1) is 0 Å². The summed E-state index contributed by atoms with van der Waals surface area (Å²) in [6.07, 6.45) is 2.59. The van der Waals surface area contributed by atoms with Gasteiger partial charge in [-0.25, -0.2) is 0 Å². The molecule has 1 aromatic rings. The highest BCUT2D eigenvalue weighted by molar-refractivity contribution is 9.10. The van der Waals surface area contributed by atoms with Gasteiger partial charge in [-0.05, 0) is 50.0 Å². The Morgan fingerprint density at radius 1 is 1.44 bits per heavy atom. The van der Waals surface area contributed by atoms with Gasteiger partial charge in [-0.3, -0.25) is 4.90 Å². The normalized spacial score (nSPS) is 24.5. The fourth-order valence-electron chi connectivity index (χ4n) is 2.45. The van der Waals surface area contributed by atoms with Crippen molar-refractivity contribution < 1.29 is 0 Å². The number of benzene rings is 1. The number of hydrogen-bond donors (Lipinski definition) is 1. The van der Waals surface area contributed by atoms with Gasteiger partial charge >= 0.3 is 0 Å². The molecule has 16 heavy (non-hydrogen) atoms. The van der Waals surface area contributed by atoms with Crippen LogP contribution >= 0.6 is 15.9 Å². The lowest BCUT2D eigenvalue weighted by molar-refractivity contribution is 0.0837. The van der Waals surface area contributed by atoms with Crippen LogP contribution < -0.4 is 5.73 Å². The lowest BCUT2D eigenvalue weighted by Gasteiger charge is -2.42. The van der Waals surface area contributed by atoms with Crippen LogP contribution in [0.1, 0.15) is 18.4 Å². The quantitative estimate of drug-likeness (QED) is 0.920.